The molecule has 0 saturated carbocycles. The zero-order valence-electron chi connectivity index (χ0n) is 15.6. The number of amides is 1. The minimum absolute atomic E-state index is 0.162. The molecule has 2 aromatic rings. The molecule has 3 heterocycles. The predicted octanol–water partition coefficient (Wildman–Crippen LogP) is 1.11. The van der Waals surface area contributed by atoms with E-state index in [9.17, 15) is 4.79 Å². The molecule has 2 aliphatic heterocycles. The van der Waals surface area contributed by atoms with Gasteiger partial charge in [0.05, 0.1) is 19.6 Å². The summed E-state index contributed by atoms with van der Waals surface area (Å²) in [7, 11) is 0. The number of ether oxygens (including phenoxy) is 1. The van der Waals surface area contributed by atoms with Gasteiger partial charge in [-0.3, -0.25) is 4.79 Å². The number of nitrogens with zero attached hydrogens (tertiary/aromatic N) is 5. The largest absolute Gasteiger partial charge is 0.408 e. The Morgan fingerprint density at radius 3 is 2.30 bits per heavy atom. The van der Waals surface area contributed by atoms with E-state index >= 15 is 0 Å². The van der Waals surface area contributed by atoms with Crippen LogP contribution in [0.1, 0.15) is 11.5 Å². The maximum atomic E-state index is 12.6. The number of anilines is 2. The summed E-state index contributed by atoms with van der Waals surface area (Å²) < 4.78 is 10.9. The van der Waals surface area contributed by atoms with Crippen LogP contribution in [0, 0.1) is 6.92 Å². The fourth-order valence-corrected chi connectivity index (χ4v) is 3.49. The Kier molecular flexibility index (Phi) is 5.24. The second-order valence-corrected chi connectivity index (χ2v) is 6.91. The van der Waals surface area contributed by atoms with Crippen LogP contribution in [0.4, 0.5) is 11.7 Å². The quantitative estimate of drug-likeness (QED) is 0.797. The van der Waals surface area contributed by atoms with Crippen LogP contribution in [0.2, 0.25) is 0 Å². The molecular weight excluding hydrogens is 346 g/mol. The molecule has 1 aromatic carbocycles. The van der Waals surface area contributed by atoms with Gasteiger partial charge in [0.25, 0.3) is 0 Å². The van der Waals surface area contributed by atoms with Crippen LogP contribution in [0.3, 0.4) is 0 Å². The van der Waals surface area contributed by atoms with Crippen LogP contribution in [-0.2, 0) is 16.0 Å². The van der Waals surface area contributed by atoms with Crippen LogP contribution in [0.5, 0.6) is 0 Å². The third-order valence-corrected chi connectivity index (χ3v) is 5.09. The molecule has 8 nitrogen and oxygen atoms in total. The highest BCUT2D eigenvalue weighted by molar-refractivity contribution is 5.79. The Hall–Kier alpha value is -2.61. The fraction of sp³-hybridized carbons (Fsp3) is 0.526. The Morgan fingerprint density at radius 1 is 0.963 bits per heavy atom. The number of aromatic nitrogens is 2. The maximum Gasteiger partial charge on any atom is 0.318 e. The van der Waals surface area contributed by atoms with Crippen molar-refractivity contribution in [2.24, 2.45) is 0 Å². The minimum Gasteiger partial charge on any atom is -0.408 e. The van der Waals surface area contributed by atoms with Crippen molar-refractivity contribution in [1.29, 1.82) is 0 Å². The average Bonchev–Trinajstić information content (AvgIpc) is 3.16. The smallest absolute Gasteiger partial charge is 0.318 e. The van der Waals surface area contributed by atoms with Crippen LogP contribution < -0.4 is 9.80 Å². The summed E-state index contributed by atoms with van der Waals surface area (Å²) in [6, 6.07) is 8.85. The Balaban J connectivity index is 1.29. The number of hydrogen-bond acceptors (Lipinski definition) is 7. The van der Waals surface area contributed by atoms with E-state index in [0.717, 1.165) is 31.9 Å². The number of carbonyl (C=O) groups is 1. The molecule has 8 heteroatoms. The first-order valence-electron chi connectivity index (χ1n) is 9.43. The summed E-state index contributed by atoms with van der Waals surface area (Å²) in [5.74, 6) is 0.722. The first-order valence-corrected chi connectivity index (χ1v) is 9.43. The third-order valence-electron chi connectivity index (χ3n) is 5.09. The molecule has 4 rings (SSSR count). The van der Waals surface area contributed by atoms with E-state index in [1.54, 1.807) is 6.92 Å². The van der Waals surface area contributed by atoms with E-state index in [0.29, 0.717) is 44.5 Å². The lowest BCUT2D eigenvalue weighted by molar-refractivity contribution is -0.130. The zero-order chi connectivity index (χ0) is 18.6. The monoisotopic (exact) mass is 371 g/mol. The Labute approximate surface area is 158 Å². The number of aryl methyl sites for hydroxylation is 1. The molecule has 1 amide bonds. The summed E-state index contributed by atoms with van der Waals surface area (Å²) in [5, 5.41) is 7.91. The van der Waals surface area contributed by atoms with Gasteiger partial charge in [0.2, 0.25) is 11.8 Å². The molecule has 2 fully saturated rings. The Morgan fingerprint density at radius 2 is 1.67 bits per heavy atom. The summed E-state index contributed by atoms with van der Waals surface area (Å²) in [5.41, 5.74) is 2.24. The Bertz CT molecular complexity index is 762. The number of rotatable bonds is 4. The lowest BCUT2D eigenvalue weighted by atomic mass is 10.1. The molecule has 2 aliphatic rings. The second-order valence-electron chi connectivity index (χ2n) is 6.91. The standard InChI is InChI=1S/C19H25N5O3/c1-15-20-21-19(27-15)24-8-6-23(7-9-24)18(25)14-16-2-4-17(5-3-16)22-10-12-26-13-11-22/h2-5H,6-14H2,1H3. The lowest BCUT2D eigenvalue weighted by Crippen LogP contribution is -2.49. The number of benzene rings is 1. The van der Waals surface area contributed by atoms with E-state index in [4.69, 9.17) is 9.15 Å². The lowest BCUT2D eigenvalue weighted by Gasteiger charge is -2.33. The number of piperazine rings is 1. The van der Waals surface area contributed by atoms with Crippen molar-refractivity contribution in [1.82, 2.24) is 15.1 Å². The molecule has 0 aliphatic carbocycles. The van der Waals surface area contributed by atoms with Crippen molar-refractivity contribution in [3.8, 4) is 0 Å². The van der Waals surface area contributed by atoms with Crippen molar-refractivity contribution < 1.29 is 13.9 Å². The van der Waals surface area contributed by atoms with Gasteiger partial charge in [-0.05, 0) is 17.7 Å². The van der Waals surface area contributed by atoms with Crippen LogP contribution >= 0.6 is 0 Å². The average molecular weight is 371 g/mol. The predicted molar refractivity (Wildman–Crippen MR) is 101 cm³/mol. The highest BCUT2D eigenvalue weighted by Gasteiger charge is 2.24. The van der Waals surface area contributed by atoms with Crippen molar-refractivity contribution in [2.75, 3.05) is 62.3 Å². The van der Waals surface area contributed by atoms with Crippen molar-refractivity contribution in [2.45, 2.75) is 13.3 Å². The summed E-state index contributed by atoms with van der Waals surface area (Å²) in [6.07, 6.45) is 0.434. The minimum atomic E-state index is 0.162. The highest BCUT2D eigenvalue weighted by atomic mass is 16.5. The van der Waals surface area contributed by atoms with Gasteiger partial charge in [-0.15, -0.1) is 5.10 Å². The SMILES string of the molecule is Cc1nnc(N2CCN(C(=O)Cc3ccc(N4CCOCC4)cc3)CC2)o1. The number of carbonyl (C=O) groups excluding carboxylic acids is 1. The zero-order valence-corrected chi connectivity index (χ0v) is 15.6. The molecule has 1 aromatic heterocycles. The van der Waals surface area contributed by atoms with Crippen LogP contribution in [-0.4, -0.2) is 73.5 Å². The van der Waals surface area contributed by atoms with Crippen molar-refractivity contribution in [3.63, 3.8) is 0 Å². The summed E-state index contributed by atoms with van der Waals surface area (Å²) in [4.78, 5) is 18.9. The molecule has 0 N–H and O–H groups in total. The molecule has 0 radical (unpaired) electrons. The van der Waals surface area contributed by atoms with E-state index < -0.39 is 0 Å². The van der Waals surface area contributed by atoms with Crippen LogP contribution in [0.25, 0.3) is 0 Å². The maximum absolute atomic E-state index is 12.6. The van der Waals surface area contributed by atoms with Gasteiger partial charge >= 0.3 is 6.01 Å². The van der Waals surface area contributed by atoms with Gasteiger partial charge in [0.1, 0.15) is 0 Å². The molecule has 27 heavy (non-hydrogen) atoms. The van der Waals surface area contributed by atoms with Crippen molar-refractivity contribution >= 4 is 17.6 Å². The summed E-state index contributed by atoms with van der Waals surface area (Å²) in [6.45, 7) is 7.93. The van der Waals surface area contributed by atoms with E-state index in [1.807, 2.05) is 9.80 Å². The number of morpholine rings is 1. The van der Waals surface area contributed by atoms with E-state index in [-0.39, 0.29) is 5.91 Å². The van der Waals surface area contributed by atoms with Gasteiger partial charge in [0.15, 0.2) is 0 Å². The first kappa shape index (κ1) is 17.8. The molecule has 0 unspecified atom stereocenters. The van der Waals surface area contributed by atoms with Gasteiger partial charge in [0, 0.05) is 51.9 Å². The third kappa shape index (κ3) is 4.21. The van der Waals surface area contributed by atoms with Gasteiger partial charge in [-0.1, -0.05) is 17.2 Å². The van der Waals surface area contributed by atoms with E-state index in [1.165, 1.54) is 5.69 Å². The fourth-order valence-electron chi connectivity index (χ4n) is 3.49. The molecule has 0 spiro atoms. The molecule has 2 saturated heterocycles. The number of hydrogen-bond donors (Lipinski definition) is 0. The topological polar surface area (TPSA) is 74.9 Å². The molecular formula is C19H25N5O3. The van der Waals surface area contributed by atoms with E-state index in [2.05, 4.69) is 39.4 Å². The van der Waals surface area contributed by atoms with Gasteiger partial charge in [-0.2, -0.15) is 0 Å². The highest BCUT2D eigenvalue weighted by Crippen LogP contribution is 2.18. The summed E-state index contributed by atoms with van der Waals surface area (Å²) >= 11 is 0. The van der Waals surface area contributed by atoms with Gasteiger partial charge < -0.3 is 23.9 Å². The van der Waals surface area contributed by atoms with Gasteiger partial charge in [-0.25, -0.2) is 0 Å². The normalized spacial score (nSPS) is 18.0. The first-order chi connectivity index (χ1) is 13.2. The second kappa shape index (κ2) is 7.96. The van der Waals surface area contributed by atoms with Crippen molar-refractivity contribution in [3.05, 3.63) is 35.7 Å². The molecule has 0 bridgehead atoms. The molecule has 144 valence electrons. The molecule has 0 atom stereocenters. The van der Waals surface area contributed by atoms with Crippen LogP contribution in [0.15, 0.2) is 28.7 Å².